The van der Waals surface area contributed by atoms with E-state index in [1.54, 1.807) is 48.2 Å². The van der Waals surface area contributed by atoms with E-state index < -0.39 is 6.36 Å². The first kappa shape index (κ1) is 35.1. The Morgan fingerprint density at radius 1 is 0.915 bits per heavy atom. The van der Waals surface area contributed by atoms with Gasteiger partial charge in [0.1, 0.15) is 17.6 Å². The minimum Gasteiger partial charge on any atom is -0.490 e. The Morgan fingerprint density at radius 3 is 2.34 bits per heavy atom. The van der Waals surface area contributed by atoms with Gasteiger partial charge in [-0.2, -0.15) is 0 Å². The van der Waals surface area contributed by atoms with Crippen molar-refractivity contribution >= 4 is 23.6 Å². The number of alkyl halides is 3. The van der Waals surface area contributed by atoms with Crippen LogP contribution in [-0.2, 0) is 9.53 Å². The van der Waals surface area contributed by atoms with Crippen molar-refractivity contribution in [3.05, 3.63) is 77.9 Å². The monoisotopic (exact) mass is 655 g/mol. The maximum Gasteiger partial charge on any atom is 0.573 e. The largest absolute Gasteiger partial charge is 0.573 e. The van der Waals surface area contributed by atoms with Crippen molar-refractivity contribution in [3.8, 4) is 22.6 Å². The lowest BCUT2D eigenvalue weighted by molar-refractivity contribution is -0.274. The minimum atomic E-state index is -4.79. The van der Waals surface area contributed by atoms with Crippen LogP contribution in [0.5, 0.6) is 11.5 Å². The number of amides is 3. The zero-order valence-electron chi connectivity index (χ0n) is 26.5. The fourth-order valence-electron chi connectivity index (χ4n) is 5.39. The first-order valence-corrected chi connectivity index (χ1v) is 15.7. The van der Waals surface area contributed by atoms with Gasteiger partial charge in [0, 0.05) is 56.2 Å². The van der Waals surface area contributed by atoms with Crippen LogP contribution < -0.4 is 20.1 Å². The summed E-state index contributed by atoms with van der Waals surface area (Å²) in [6.07, 6.45) is -0.835. The van der Waals surface area contributed by atoms with Gasteiger partial charge in [-0.15, -0.1) is 13.2 Å². The molecule has 3 aromatic carbocycles. The van der Waals surface area contributed by atoms with Crippen LogP contribution in [0.1, 0.15) is 61.4 Å². The van der Waals surface area contributed by atoms with Gasteiger partial charge < -0.3 is 29.7 Å². The number of aryl methyl sites for hydroxylation is 1. The maximum atomic E-state index is 13.4. The van der Waals surface area contributed by atoms with E-state index in [0.717, 1.165) is 24.8 Å². The van der Waals surface area contributed by atoms with Gasteiger partial charge in [0.2, 0.25) is 0 Å². The number of nitrogens with zero attached hydrogens (tertiary/aromatic N) is 1. The summed E-state index contributed by atoms with van der Waals surface area (Å²) in [7, 11) is 0. The molecule has 3 aromatic rings. The van der Waals surface area contributed by atoms with Crippen molar-refractivity contribution < 1.29 is 41.8 Å². The number of hydrogen-bond donors (Lipinski definition) is 2. The number of urea groups is 1. The fraction of sp³-hybridized carbons (Fsp3) is 0.400. The normalized spacial score (nSPS) is 13.5. The highest BCUT2D eigenvalue weighted by atomic mass is 19.4. The molecule has 1 heterocycles. The second-order valence-corrected chi connectivity index (χ2v) is 11.2. The van der Waals surface area contributed by atoms with Crippen molar-refractivity contribution in [1.82, 2.24) is 10.2 Å². The molecular formula is C35H40F3N3O6. The number of halogens is 3. The molecular weight excluding hydrogens is 615 g/mol. The smallest absolute Gasteiger partial charge is 0.490 e. The summed E-state index contributed by atoms with van der Waals surface area (Å²) in [5.41, 5.74) is 2.84. The Balaban J connectivity index is 1.27. The molecule has 0 atom stereocenters. The molecule has 0 saturated carbocycles. The number of ether oxygens (including phenoxy) is 3. The number of benzene rings is 3. The first-order chi connectivity index (χ1) is 22.5. The summed E-state index contributed by atoms with van der Waals surface area (Å²) < 4.78 is 52.9. The van der Waals surface area contributed by atoms with Crippen LogP contribution in [0.25, 0.3) is 11.1 Å². The molecule has 4 rings (SSSR count). The Labute approximate surface area is 272 Å². The van der Waals surface area contributed by atoms with E-state index in [4.69, 9.17) is 9.47 Å². The number of hydrogen-bond acceptors (Lipinski definition) is 6. The van der Waals surface area contributed by atoms with E-state index in [-0.39, 0.29) is 29.8 Å². The third-order valence-electron chi connectivity index (χ3n) is 7.66. The van der Waals surface area contributed by atoms with Crippen LogP contribution in [0.15, 0.2) is 66.7 Å². The molecule has 0 aromatic heterocycles. The summed E-state index contributed by atoms with van der Waals surface area (Å²) in [6.45, 7) is 5.64. The average Bonchev–Trinajstić information content (AvgIpc) is 3.03. The predicted molar refractivity (Wildman–Crippen MR) is 171 cm³/mol. The number of likely N-dealkylation sites (tertiary alicyclic amines) is 1. The second-order valence-electron chi connectivity index (χ2n) is 11.2. The molecule has 47 heavy (non-hydrogen) atoms. The van der Waals surface area contributed by atoms with Crippen LogP contribution in [-0.4, -0.2) is 61.5 Å². The van der Waals surface area contributed by atoms with Gasteiger partial charge in [-0.25, -0.2) is 4.79 Å². The molecule has 1 aliphatic rings. The number of nitrogens with one attached hydrogen (secondary N) is 2. The van der Waals surface area contributed by atoms with Gasteiger partial charge >= 0.3 is 18.4 Å². The molecule has 0 aliphatic carbocycles. The molecule has 12 heteroatoms. The molecule has 1 saturated heterocycles. The maximum absolute atomic E-state index is 13.4. The summed E-state index contributed by atoms with van der Waals surface area (Å²) in [5.74, 6) is -0.335. The Bertz CT molecular complexity index is 1510. The number of anilines is 1. The highest BCUT2D eigenvalue weighted by Crippen LogP contribution is 2.32. The van der Waals surface area contributed by atoms with Crippen LogP contribution in [0.2, 0.25) is 0 Å². The third kappa shape index (κ3) is 10.9. The zero-order valence-corrected chi connectivity index (χ0v) is 26.5. The molecule has 0 unspecified atom stereocenters. The lowest BCUT2D eigenvalue weighted by atomic mass is 9.94. The van der Waals surface area contributed by atoms with Crippen molar-refractivity contribution in [1.29, 1.82) is 0 Å². The van der Waals surface area contributed by atoms with Crippen LogP contribution in [0, 0.1) is 6.92 Å². The summed E-state index contributed by atoms with van der Waals surface area (Å²) >= 11 is 0. The molecule has 252 valence electrons. The van der Waals surface area contributed by atoms with E-state index in [1.165, 1.54) is 24.3 Å². The van der Waals surface area contributed by atoms with Crippen molar-refractivity contribution in [2.45, 2.75) is 64.8 Å². The third-order valence-corrected chi connectivity index (χ3v) is 7.66. The van der Waals surface area contributed by atoms with Crippen LogP contribution >= 0.6 is 0 Å². The SMILES string of the molecule is CCOC(=O)CCCCCNC(=O)N1CCC(Oc2cccc(NC(=O)c3cccc(C)c3-c3ccc(OC(F)(F)F)cc3)c2)CC1. The lowest BCUT2D eigenvalue weighted by Crippen LogP contribution is -2.46. The Hall–Kier alpha value is -4.74. The molecule has 1 aliphatic heterocycles. The van der Waals surface area contributed by atoms with Gasteiger partial charge in [-0.1, -0.05) is 36.8 Å². The van der Waals surface area contributed by atoms with Crippen LogP contribution in [0.3, 0.4) is 0 Å². The van der Waals surface area contributed by atoms with E-state index >= 15 is 0 Å². The summed E-state index contributed by atoms with van der Waals surface area (Å²) in [5, 5.41) is 5.85. The second kappa shape index (κ2) is 16.7. The van der Waals surface area contributed by atoms with Gasteiger partial charge in [0.25, 0.3) is 5.91 Å². The van der Waals surface area contributed by atoms with Gasteiger partial charge in [-0.05, 0) is 73.7 Å². The molecule has 2 N–H and O–H groups in total. The zero-order chi connectivity index (χ0) is 33.8. The van der Waals surface area contributed by atoms with Crippen LogP contribution in [0.4, 0.5) is 23.7 Å². The van der Waals surface area contributed by atoms with Crippen molar-refractivity contribution in [2.75, 3.05) is 31.6 Å². The standard InChI is InChI=1S/C35H40F3N3O6/c1-3-45-31(42)13-5-4-6-20-39-34(44)41-21-18-27(19-22-41)46-29-11-8-10-26(23-29)40-33(43)30-12-7-9-24(2)32(30)25-14-16-28(17-15-25)47-35(36,37)38/h7-12,14-17,23,27H,3-6,13,18-22H2,1-2H3,(H,39,44)(H,40,43). The number of carbonyl (C=O) groups excluding carboxylic acids is 3. The van der Waals surface area contributed by atoms with E-state index in [2.05, 4.69) is 15.4 Å². The average molecular weight is 656 g/mol. The lowest BCUT2D eigenvalue weighted by Gasteiger charge is -2.32. The number of rotatable bonds is 13. The summed E-state index contributed by atoms with van der Waals surface area (Å²) in [4.78, 5) is 39.1. The van der Waals surface area contributed by atoms with E-state index in [1.807, 2.05) is 13.0 Å². The highest BCUT2D eigenvalue weighted by molar-refractivity contribution is 6.09. The Morgan fingerprint density at radius 2 is 1.64 bits per heavy atom. The number of unbranched alkanes of at least 4 members (excludes halogenated alkanes) is 2. The number of carbonyl (C=O) groups is 3. The minimum absolute atomic E-state index is 0.0967. The number of esters is 1. The van der Waals surface area contributed by atoms with E-state index in [0.29, 0.717) is 73.6 Å². The molecule has 0 spiro atoms. The van der Waals surface area contributed by atoms with Crippen molar-refractivity contribution in [2.24, 2.45) is 0 Å². The van der Waals surface area contributed by atoms with E-state index in [9.17, 15) is 27.6 Å². The van der Waals surface area contributed by atoms with Gasteiger partial charge in [-0.3, -0.25) is 9.59 Å². The fourth-order valence-corrected chi connectivity index (χ4v) is 5.39. The molecule has 0 bridgehead atoms. The van der Waals surface area contributed by atoms with Gasteiger partial charge in [0.05, 0.1) is 6.61 Å². The van der Waals surface area contributed by atoms with Crippen molar-refractivity contribution in [3.63, 3.8) is 0 Å². The molecule has 3 amide bonds. The van der Waals surface area contributed by atoms with Gasteiger partial charge in [0.15, 0.2) is 0 Å². The molecule has 9 nitrogen and oxygen atoms in total. The summed E-state index contributed by atoms with van der Waals surface area (Å²) in [6, 6.07) is 17.6. The molecule has 1 fully saturated rings. The highest BCUT2D eigenvalue weighted by Gasteiger charge is 2.31. The predicted octanol–water partition coefficient (Wildman–Crippen LogP) is 7.49. The molecule has 0 radical (unpaired) electrons. The quantitative estimate of drug-likeness (QED) is 0.146. The topological polar surface area (TPSA) is 106 Å². The Kier molecular flexibility index (Phi) is 12.5. The first-order valence-electron chi connectivity index (χ1n) is 15.7. The number of piperidine rings is 1.